The van der Waals surface area contributed by atoms with Crippen LogP contribution >= 0.6 is 11.3 Å². The van der Waals surface area contributed by atoms with Gasteiger partial charge in [0.2, 0.25) is 0 Å². The number of alkyl halides is 3. The van der Waals surface area contributed by atoms with E-state index in [-0.39, 0.29) is 17.8 Å². The molecule has 2 N–H and O–H groups in total. The Morgan fingerprint density at radius 3 is 2.67 bits per heavy atom. The molecule has 0 saturated carbocycles. The van der Waals surface area contributed by atoms with Gasteiger partial charge in [-0.05, 0) is 42.6 Å². The molecule has 3 aromatic heterocycles. The average molecular weight is 472 g/mol. The molecule has 0 spiro atoms. The normalized spacial score (nSPS) is 17.9. The van der Waals surface area contributed by atoms with Crippen molar-refractivity contribution in [1.82, 2.24) is 19.3 Å². The number of hydrogen-bond acceptors (Lipinski definition) is 5. The first-order chi connectivity index (χ1) is 15.8. The number of carbonyl (C=O) groups excluding carboxylic acids is 1. The number of amides is 1. The smallest absolute Gasteiger partial charge is 0.362 e. The van der Waals surface area contributed by atoms with Crippen LogP contribution in [0.2, 0.25) is 0 Å². The topological polar surface area (TPSA) is 76.8 Å². The summed E-state index contributed by atoms with van der Waals surface area (Å²) >= 11 is 1.37. The largest absolute Gasteiger partial charge is 0.410 e. The van der Waals surface area contributed by atoms with Gasteiger partial charge in [-0.25, -0.2) is 9.67 Å². The van der Waals surface area contributed by atoms with E-state index in [2.05, 4.69) is 20.7 Å². The maximum absolute atomic E-state index is 13.8. The number of rotatable bonds is 4. The summed E-state index contributed by atoms with van der Waals surface area (Å²) in [5.41, 5.74) is 1.44. The molecule has 4 heterocycles. The molecule has 1 aromatic carbocycles. The van der Waals surface area contributed by atoms with Crippen molar-refractivity contribution in [2.45, 2.75) is 31.6 Å². The van der Waals surface area contributed by atoms with E-state index in [1.165, 1.54) is 17.5 Å². The van der Waals surface area contributed by atoms with Crippen molar-refractivity contribution in [3.05, 3.63) is 76.6 Å². The minimum absolute atomic E-state index is 0.0556. The van der Waals surface area contributed by atoms with Crippen LogP contribution < -0.4 is 10.6 Å². The molecule has 0 bridgehead atoms. The first-order valence-corrected chi connectivity index (χ1v) is 11.0. The highest BCUT2D eigenvalue weighted by atomic mass is 32.1. The third-order valence-corrected chi connectivity index (χ3v) is 6.58. The van der Waals surface area contributed by atoms with Crippen molar-refractivity contribution in [3.8, 4) is 5.69 Å². The summed E-state index contributed by atoms with van der Waals surface area (Å²) in [5, 5.41) is 11.6. The fourth-order valence-corrected chi connectivity index (χ4v) is 4.75. The molecular weight excluding hydrogens is 453 g/mol. The number of benzene rings is 1. The number of nitrogens with one attached hydrogen (secondary N) is 2. The molecule has 1 aliphatic rings. The van der Waals surface area contributed by atoms with Gasteiger partial charge in [-0.1, -0.05) is 6.07 Å². The fraction of sp³-hybridized carbons (Fsp3) is 0.227. The zero-order valence-corrected chi connectivity index (χ0v) is 18.2. The minimum Gasteiger partial charge on any atom is -0.362 e. The van der Waals surface area contributed by atoms with Crippen LogP contribution in [0.1, 0.15) is 39.6 Å². The van der Waals surface area contributed by atoms with Crippen molar-refractivity contribution >= 4 is 28.7 Å². The van der Waals surface area contributed by atoms with Crippen molar-refractivity contribution in [2.24, 2.45) is 0 Å². The van der Waals surface area contributed by atoms with Crippen LogP contribution in [0.5, 0.6) is 0 Å². The number of anilines is 2. The lowest BCUT2D eigenvalue weighted by Crippen LogP contribution is -2.36. The molecule has 11 heteroatoms. The zero-order valence-electron chi connectivity index (χ0n) is 17.4. The Labute approximate surface area is 190 Å². The molecule has 7 nitrogen and oxygen atoms in total. The molecule has 0 aliphatic carbocycles. The summed E-state index contributed by atoms with van der Waals surface area (Å²) in [4.78, 5) is 17.9. The number of aromatic nitrogens is 4. The summed E-state index contributed by atoms with van der Waals surface area (Å²) in [6.07, 6.45) is 0.00639. The number of fused-ring (bicyclic) bond motifs is 1. The van der Waals surface area contributed by atoms with E-state index in [0.29, 0.717) is 5.69 Å². The second-order valence-corrected chi connectivity index (χ2v) is 8.68. The van der Waals surface area contributed by atoms with Crippen molar-refractivity contribution in [3.63, 3.8) is 0 Å². The lowest BCUT2D eigenvalue weighted by atomic mass is 10.0. The van der Waals surface area contributed by atoms with Gasteiger partial charge in [0, 0.05) is 35.1 Å². The summed E-state index contributed by atoms with van der Waals surface area (Å²) in [6, 6.07) is 8.28. The Morgan fingerprint density at radius 2 is 2.03 bits per heavy atom. The first-order valence-electron chi connectivity index (χ1n) is 10.2. The maximum Gasteiger partial charge on any atom is 0.410 e. The first kappa shape index (κ1) is 21.3. The van der Waals surface area contributed by atoms with E-state index < -0.39 is 24.2 Å². The Hall–Kier alpha value is -3.60. The van der Waals surface area contributed by atoms with Gasteiger partial charge in [0.05, 0.1) is 12.2 Å². The lowest BCUT2D eigenvalue weighted by Gasteiger charge is -2.33. The van der Waals surface area contributed by atoms with E-state index in [1.54, 1.807) is 30.5 Å². The summed E-state index contributed by atoms with van der Waals surface area (Å²) in [7, 11) is 0. The van der Waals surface area contributed by atoms with E-state index in [0.717, 1.165) is 21.1 Å². The number of thiophene rings is 1. The van der Waals surface area contributed by atoms with Gasteiger partial charge >= 0.3 is 6.18 Å². The monoisotopic (exact) mass is 472 g/mol. The number of hydrogen-bond donors (Lipinski definition) is 2. The van der Waals surface area contributed by atoms with E-state index >= 15 is 0 Å². The second-order valence-electron chi connectivity index (χ2n) is 7.70. The number of halogens is 3. The molecule has 0 saturated heterocycles. The summed E-state index contributed by atoms with van der Waals surface area (Å²) in [5.74, 6) is 0.345. The number of aryl methyl sites for hydroxylation is 1. The lowest BCUT2D eigenvalue weighted by molar-refractivity contribution is -0.173. The molecule has 2 atom stereocenters. The molecular formula is C22H19F3N6OS. The number of carbonyl (C=O) groups is 1. The molecule has 4 aromatic rings. The van der Waals surface area contributed by atoms with Gasteiger partial charge in [-0.3, -0.25) is 4.79 Å². The van der Waals surface area contributed by atoms with Crippen LogP contribution in [0.15, 0.2) is 60.4 Å². The average Bonchev–Trinajstić information content (AvgIpc) is 3.53. The Kier molecular flexibility index (Phi) is 5.20. The minimum atomic E-state index is -4.49. The van der Waals surface area contributed by atoms with E-state index in [1.807, 2.05) is 35.2 Å². The Morgan fingerprint density at radius 1 is 1.24 bits per heavy atom. The van der Waals surface area contributed by atoms with Gasteiger partial charge in [0.15, 0.2) is 6.04 Å². The maximum atomic E-state index is 13.8. The molecule has 0 fully saturated rings. The predicted octanol–water partition coefficient (Wildman–Crippen LogP) is 5.35. The van der Waals surface area contributed by atoms with Crippen molar-refractivity contribution in [1.29, 1.82) is 0 Å². The van der Waals surface area contributed by atoms with Crippen molar-refractivity contribution in [2.75, 3.05) is 10.6 Å². The molecule has 0 radical (unpaired) electrons. The molecule has 33 heavy (non-hydrogen) atoms. The van der Waals surface area contributed by atoms with Crippen LogP contribution in [0.4, 0.5) is 24.7 Å². The van der Waals surface area contributed by atoms with Crippen LogP contribution in [-0.2, 0) is 0 Å². The van der Waals surface area contributed by atoms with Gasteiger partial charge in [-0.15, -0.1) is 11.3 Å². The van der Waals surface area contributed by atoms with Gasteiger partial charge in [0.1, 0.15) is 17.2 Å². The molecule has 170 valence electrons. The van der Waals surface area contributed by atoms with Gasteiger partial charge < -0.3 is 15.2 Å². The Bertz CT molecular complexity index is 1280. The summed E-state index contributed by atoms with van der Waals surface area (Å²) in [6.45, 7) is 1.88. The van der Waals surface area contributed by atoms with Crippen LogP contribution in [0, 0.1) is 6.92 Å². The van der Waals surface area contributed by atoms with E-state index in [4.69, 9.17) is 0 Å². The Balaban J connectivity index is 1.41. The highest BCUT2D eigenvalue weighted by molar-refractivity contribution is 7.10. The fourth-order valence-electron chi connectivity index (χ4n) is 3.96. The van der Waals surface area contributed by atoms with Crippen LogP contribution in [0.25, 0.3) is 5.69 Å². The van der Waals surface area contributed by atoms with Crippen molar-refractivity contribution < 1.29 is 18.0 Å². The third-order valence-electron chi connectivity index (χ3n) is 5.60. The third kappa shape index (κ3) is 3.99. The molecule has 1 aliphatic heterocycles. The highest BCUT2D eigenvalue weighted by Gasteiger charge is 2.47. The second kappa shape index (κ2) is 8.07. The standard InChI is InChI=1S/C22H19F3N6OS/c1-13-26-8-9-30(13)15-6-4-14(5-7-15)28-21(32)16-12-27-31-19(22(23,24)25)11-17(29-20(16)31)18-3-2-10-33-18/h2-10,12,17,19,29H,11H2,1H3,(H,28,32)/t17-,19+/m0/s1. The molecule has 0 unspecified atom stereocenters. The number of nitrogens with zero attached hydrogens (tertiary/aromatic N) is 4. The molecule has 1 amide bonds. The number of imidazole rings is 1. The highest BCUT2D eigenvalue weighted by Crippen LogP contribution is 2.45. The van der Waals surface area contributed by atoms with Crippen LogP contribution in [-0.4, -0.2) is 31.4 Å². The predicted molar refractivity (Wildman–Crippen MR) is 119 cm³/mol. The summed E-state index contributed by atoms with van der Waals surface area (Å²) < 4.78 is 44.1. The quantitative estimate of drug-likeness (QED) is 0.420. The van der Waals surface area contributed by atoms with Crippen LogP contribution in [0.3, 0.4) is 0 Å². The zero-order chi connectivity index (χ0) is 23.2. The van der Waals surface area contributed by atoms with Gasteiger partial charge in [-0.2, -0.15) is 18.3 Å². The van der Waals surface area contributed by atoms with E-state index in [9.17, 15) is 18.0 Å². The molecule has 5 rings (SSSR count). The SMILES string of the molecule is Cc1nccn1-c1ccc(NC(=O)c2cnn3c2N[C@H](c2cccs2)C[C@@H]3C(F)(F)F)cc1. The van der Waals surface area contributed by atoms with Gasteiger partial charge in [0.25, 0.3) is 5.91 Å².